The van der Waals surface area contributed by atoms with E-state index in [-0.39, 0.29) is 5.91 Å². The van der Waals surface area contributed by atoms with Crippen LogP contribution in [0.15, 0.2) is 54.7 Å². The van der Waals surface area contributed by atoms with E-state index in [1.807, 2.05) is 60.5 Å². The summed E-state index contributed by atoms with van der Waals surface area (Å²) >= 11 is 0. The number of carbonyl (C=O) groups excluding carboxylic acids is 1. The van der Waals surface area contributed by atoms with Crippen LogP contribution in [0.5, 0.6) is 0 Å². The van der Waals surface area contributed by atoms with Crippen molar-refractivity contribution < 1.29 is 4.79 Å². The lowest BCUT2D eigenvalue weighted by atomic mass is 10.1. The molecule has 3 aromatic rings. The third-order valence-electron chi connectivity index (χ3n) is 5.07. The van der Waals surface area contributed by atoms with Crippen LogP contribution in [0.1, 0.15) is 21.6 Å². The summed E-state index contributed by atoms with van der Waals surface area (Å²) in [4.78, 5) is 21.5. The van der Waals surface area contributed by atoms with Crippen LogP contribution in [0.25, 0.3) is 11.3 Å². The largest absolute Gasteiger partial charge is 0.353 e. The Balaban J connectivity index is 1.41. The fourth-order valence-corrected chi connectivity index (χ4v) is 3.45. The predicted octanol–water partition coefficient (Wildman–Crippen LogP) is 3.12. The molecule has 1 aliphatic rings. The summed E-state index contributed by atoms with van der Waals surface area (Å²) in [5.74, 6) is 1.08. The Hall–Kier alpha value is -3.28. The maximum atomic E-state index is 12.9. The first-order valence-corrected chi connectivity index (χ1v) is 9.48. The molecule has 3 heterocycles. The van der Waals surface area contributed by atoms with Gasteiger partial charge in [0.1, 0.15) is 5.82 Å². The van der Waals surface area contributed by atoms with Crippen molar-refractivity contribution in [2.24, 2.45) is 0 Å². The van der Waals surface area contributed by atoms with Gasteiger partial charge in [-0.2, -0.15) is 10.2 Å². The highest BCUT2D eigenvalue weighted by molar-refractivity contribution is 5.94. The fourth-order valence-electron chi connectivity index (χ4n) is 3.45. The molecule has 6 nitrogen and oxygen atoms in total. The first kappa shape index (κ1) is 18.1. The Bertz CT molecular complexity index is 961. The van der Waals surface area contributed by atoms with Gasteiger partial charge in [0.15, 0.2) is 0 Å². The number of hydrogen-bond donors (Lipinski definition) is 0. The topological polar surface area (TPSA) is 62.2 Å². The lowest BCUT2D eigenvalue weighted by Crippen LogP contribution is -2.49. The second-order valence-corrected chi connectivity index (χ2v) is 7.06. The molecule has 0 N–H and O–H groups in total. The van der Waals surface area contributed by atoms with Crippen molar-refractivity contribution in [3.8, 4) is 11.3 Å². The van der Waals surface area contributed by atoms with Crippen LogP contribution >= 0.6 is 0 Å². The van der Waals surface area contributed by atoms with Crippen molar-refractivity contribution in [2.45, 2.75) is 13.8 Å². The average molecular weight is 373 g/mol. The maximum Gasteiger partial charge on any atom is 0.253 e. The third-order valence-corrected chi connectivity index (χ3v) is 5.07. The van der Waals surface area contributed by atoms with Gasteiger partial charge in [0, 0.05) is 43.5 Å². The van der Waals surface area contributed by atoms with E-state index >= 15 is 0 Å². The maximum absolute atomic E-state index is 12.9. The number of carbonyl (C=O) groups is 1. The van der Waals surface area contributed by atoms with E-state index in [9.17, 15) is 4.79 Å². The molecular formula is C22H23N5O. The second-order valence-electron chi connectivity index (χ2n) is 7.06. The second kappa shape index (κ2) is 7.76. The molecule has 1 saturated heterocycles. The number of nitrogens with zero attached hydrogens (tertiary/aromatic N) is 5. The van der Waals surface area contributed by atoms with Crippen molar-refractivity contribution in [1.29, 1.82) is 0 Å². The normalized spacial score (nSPS) is 14.2. The molecule has 142 valence electrons. The molecule has 0 spiro atoms. The molecule has 1 aliphatic heterocycles. The zero-order valence-corrected chi connectivity index (χ0v) is 16.2. The number of pyridine rings is 1. The Kier molecular flexibility index (Phi) is 5.02. The molecule has 0 saturated carbocycles. The summed E-state index contributed by atoms with van der Waals surface area (Å²) in [5, 5.41) is 8.29. The summed E-state index contributed by atoms with van der Waals surface area (Å²) in [6, 6.07) is 15.5. The summed E-state index contributed by atoms with van der Waals surface area (Å²) in [6.45, 7) is 6.95. The molecule has 2 aromatic heterocycles. The van der Waals surface area contributed by atoms with Crippen LogP contribution in [0.2, 0.25) is 0 Å². The van der Waals surface area contributed by atoms with Crippen LogP contribution in [0.3, 0.4) is 0 Å². The number of aromatic nitrogens is 3. The first-order valence-electron chi connectivity index (χ1n) is 9.48. The van der Waals surface area contributed by atoms with E-state index in [2.05, 4.69) is 33.1 Å². The van der Waals surface area contributed by atoms with E-state index in [4.69, 9.17) is 0 Å². The highest BCUT2D eigenvalue weighted by Crippen LogP contribution is 2.20. The van der Waals surface area contributed by atoms with Gasteiger partial charge >= 0.3 is 0 Å². The number of anilines is 1. The van der Waals surface area contributed by atoms with Gasteiger partial charge in [-0.1, -0.05) is 18.2 Å². The molecular weight excluding hydrogens is 350 g/mol. The molecule has 0 atom stereocenters. The highest BCUT2D eigenvalue weighted by atomic mass is 16.2. The minimum Gasteiger partial charge on any atom is -0.353 e. The Labute approximate surface area is 164 Å². The number of benzene rings is 1. The number of hydrogen-bond acceptors (Lipinski definition) is 5. The molecule has 0 bridgehead atoms. The minimum absolute atomic E-state index is 0.0685. The number of rotatable bonds is 3. The van der Waals surface area contributed by atoms with Gasteiger partial charge in [-0.3, -0.25) is 4.79 Å². The van der Waals surface area contributed by atoms with Crippen LogP contribution in [0, 0.1) is 13.8 Å². The smallest absolute Gasteiger partial charge is 0.253 e. The Morgan fingerprint density at radius 1 is 0.893 bits per heavy atom. The van der Waals surface area contributed by atoms with E-state index in [1.165, 1.54) is 0 Å². The van der Waals surface area contributed by atoms with E-state index in [0.717, 1.165) is 41.4 Å². The van der Waals surface area contributed by atoms with Crippen molar-refractivity contribution in [2.75, 3.05) is 31.1 Å². The van der Waals surface area contributed by atoms with Crippen LogP contribution in [-0.4, -0.2) is 52.2 Å². The minimum atomic E-state index is 0.0685. The molecule has 1 amide bonds. The summed E-state index contributed by atoms with van der Waals surface area (Å²) in [6.07, 6.45) is 1.82. The van der Waals surface area contributed by atoms with Crippen LogP contribution in [-0.2, 0) is 0 Å². The monoisotopic (exact) mass is 373 g/mol. The average Bonchev–Trinajstić information content (AvgIpc) is 2.74. The van der Waals surface area contributed by atoms with Crippen molar-refractivity contribution in [3.63, 3.8) is 0 Å². The van der Waals surface area contributed by atoms with Crippen molar-refractivity contribution in [1.82, 2.24) is 20.1 Å². The number of amides is 1. The fraction of sp³-hybridized carbons (Fsp3) is 0.273. The zero-order valence-electron chi connectivity index (χ0n) is 16.2. The molecule has 1 fully saturated rings. The summed E-state index contributed by atoms with van der Waals surface area (Å²) < 4.78 is 0. The van der Waals surface area contributed by atoms with Gasteiger partial charge in [-0.25, -0.2) is 4.98 Å². The summed E-state index contributed by atoms with van der Waals surface area (Å²) in [7, 11) is 0. The quantitative estimate of drug-likeness (QED) is 0.706. The van der Waals surface area contributed by atoms with Crippen LogP contribution < -0.4 is 4.90 Å². The molecule has 0 radical (unpaired) electrons. The SMILES string of the molecule is Cc1ccc(-c2ccc(C(=O)N3CCN(c4ncccc4C)CC3)cc2)nn1. The van der Waals surface area contributed by atoms with E-state index in [0.29, 0.717) is 18.7 Å². The lowest BCUT2D eigenvalue weighted by Gasteiger charge is -2.36. The van der Waals surface area contributed by atoms with Gasteiger partial charge in [-0.05, 0) is 49.7 Å². The lowest BCUT2D eigenvalue weighted by molar-refractivity contribution is 0.0746. The number of piperazine rings is 1. The highest BCUT2D eigenvalue weighted by Gasteiger charge is 2.23. The van der Waals surface area contributed by atoms with Gasteiger partial charge in [0.2, 0.25) is 0 Å². The molecule has 0 aliphatic carbocycles. The van der Waals surface area contributed by atoms with E-state index in [1.54, 1.807) is 0 Å². The van der Waals surface area contributed by atoms with Crippen molar-refractivity contribution >= 4 is 11.7 Å². The first-order chi connectivity index (χ1) is 13.6. The predicted molar refractivity (Wildman–Crippen MR) is 109 cm³/mol. The van der Waals surface area contributed by atoms with Gasteiger partial charge < -0.3 is 9.80 Å². The van der Waals surface area contributed by atoms with Crippen LogP contribution in [0.4, 0.5) is 5.82 Å². The van der Waals surface area contributed by atoms with Gasteiger partial charge in [0.25, 0.3) is 5.91 Å². The number of aryl methyl sites for hydroxylation is 2. The summed E-state index contributed by atoms with van der Waals surface area (Å²) in [5.41, 5.74) is 4.52. The van der Waals surface area contributed by atoms with Gasteiger partial charge in [-0.15, -0.1) is 0 Å². The van der Waals surface area contributed by atoms with Crippen molar-refractivity contribution in [3.05, 3.63) is 71.5 Å². The molecule has 1 aromatic carbocycles. The molecule has 0 unspecified atom stereocenters. The molecule has 4 rings (SSSR count). The third kappa shape index (κ3) is 3.71. The Morgan fingerprint density at radius 3 is 2.29 bits per heavy atom. The molecule has 6 heteroatoms. The van der Waals surface area contributed by atoms with E-state index < -0.39 is 0 Å². The standard InChI is InChI=1S/C22H23N5O/c1-16-4-3-11-23-21(16)26-12-14-27(15-13-26)22(28)19-8-6-18(7-9-19)20-10-5-17(2)24-25-20/h3-11H,12-15H2,1-2H3. The molecule has 28 heavy (non-hydrogen) atoms. The van der Waals surface area contributed by atoms with Gasteiger partial charge in [0.05, 0.1) is 11.4 Å². The zero-order chi connectivity index (χ0) is 19.5. The Morgan fingerprint density at radius 2 is 1.64 bits per heavy atom.